The molecule has 2 aromatic heterocycles. The highest BCUT2D eigenvalue weighted by Crippen LogP contribution is 2.28. The van der Waals surface area contributed by atoms with Crippen LogP contribution in [-0.4, -0.2) is 37.3 Å². The molecule has 0 spiro atoms. The summed E-state index contributed by atoms with van der Waals surface area (Å²) in [4.78, 5) is 28.4. The molecular formula is C25H24N6O2. The predicted octanol–water partition coefficient (Wildman–Crippen LogP) is 3.39. The summed E-state index contributed by atoms with van der Waals surface area (Å²) in [5.41, 5.74) is 2.34. The SMILES string of the molecule is C[C@H](Nc1nccc(N2CC(O)Cn3c2nc(-c2ccccc2)cc3=O)n1)c1ccccc1. The highest BCUT2D eigenvalue weighted by molar-refractivity contribution is 5.63. The molecule has 0 aliphatic carbocycles. The van der Waals surface area contributed by atoms with Crippen molar-refractivity contribution in [3.05, 3.63) is 94.9 Å². The lowest BCUT2D eigenvalue weighted by molar-refractivity contribution is 0.150. The molecule has 5 rings (SSSR count). The summed E-state index contributed by atoms with van der Waals surface area (Å²) in [5, 5.41) is 13.8. The fourth-order valence-electron chi connectivity index (χ4n) is 3.97. The first-order valence-corrected chi connectivity index (χ1v) is 10.9. The molecule has 0 amide bonds. The van der Waals surface area contributed by atoms with Crippen molar-refractivity contribution in [1.29, 1.82) is 0 Å². The summed E-state index contributed by atoms with van der Waals surface area (Å²) in [6.07, 6.45) is 0.932. The maximum absolute atomic E-state index is 12.9. The Morgan fingerprint density at radius 2 is 1.73 bits per heavy atom. The highest BCUT2D eigenvalue weighted by Gasteiger charge is 2.28. The summed E-state index contributed by atoms with van der Waals surface area (Å²) < 4.78 is 1.49. The normalized spacial score (nSPS) is 16.2. The van der Waals surface area contributed by atoms with Crippen LogP contribution in [0.5, 0.6) is 0 Å². The van der Waals surface area contributed by atoms with Gasteiger partial charge in [-0.2, -0.15) is 4.98 Å². The van der Waals surface area contributed by atoms with E-state index in [0.29, 0.717) is 23.4 Å². The van der Waals surface area contributed by atoms with E-state index in [9.17, 15) is 9.90 Å². The summed E-state index contributed by atoms with van der Waals surface area (Å²) in [6, 6.07) is 22.9. The fraction of sp³-hybridized carbons (Fsp3) is 0.200. The Balaban J connectivity index is 1.51. The molecule has 2 N–H and O–H groups in total. The number of fused-ring (bicyclic) bond motifs is 1. The molecule has 1 aliphatic rings. The molecule has 33 heavy (non-hydrogen) atoms. The molecule has 8 nitrogen and oxygen atoms in total. The molecule has 0 radical (unpaired) electrons. The number of rotatable bonds is 5. The van der Waals surface area contributed by atoms with Crippen molar-refractivity contribution in [2.45, 2.75) is 25.6 Å². The molecule has 2 aromatic carbocycles. The van der Waals surface area contributed by atoms with Crippen LogP contribution in [0.25, 0.3) is 11.3 Å². The van der Waals surface area contributed by atoms with Gasteiger partial charge in [-0.05, 0) is 18.6 Å². The van der Waals surface area contributed by atoms with Crippen LogP contribution in [-0.2, 0) is 6.54 Å². The van der Waals surface area contributed by atoms with E-state index in [1.807, 2.05) is 67.6 Å². The van der Waals surface area contributed by atoms with Crippen LogP contribution >= 0.6 is 0 Å². The number of benzene rings is 2. The van der Waals surface area contributed by atoms with Crippen molar-refractivity contribution in [3.8, 4) is 11.3 Å². The third kappa shape index (κ3) is 4.33. The first-order valence-electron chi connectivity index (χ1n) is 10.9. The number of β-amino-alcohol motifs (C(OH)–C–C–N with tert-alkyl or cyclic N) is 1. The van der Waals surface area contributed by atoms with E-state index in [1.54, 1.807) is 17.2 Å². The molecule has 8 heteroatoms. The van der Waals surface area contributed by atoms with Gasteiger partial charge in [0, 0.05) is 17.8 Å². The Hall–Kier alpha value is -4.04. The van der Waals surface area contributed by atoms with Crippen LogP contribution in [0.1, 0.15) is 18.5 Å². The maximum atomic E-state index is 12.9. The topological polar surface area (TPSA) is 96.2 Å². The number of anilines is 3. The Kier molecular flexibility index (Phi) is 5.58. The summed E-state index contributed by atoms with van der Waals surface area (Å²) in [6.45, 7) is 2.50. The number of nitrogens with zero attached hydrogens (tertiary/aromatic N) is 5. The molecule has 3 heterocycles. The number of aromatic nitrogens is 4. The summed E-state index contributed by atoms with van der Waals surface area (Å²) >= 11 is 0. The molecule has 0 bridgehead atoms. The summed E-state index contributed by atoms with van der Waals surface area (Å²) in [5.74, 6) is 1.46. The second-order valence-electron chi connectivity index (χ2n) is 8.04. The van der Waals surface area contributed by atoms with Gasteiger partial charge in [0.25, 0.3) is 5.56 Å². The third-order valence-electron chi connectivity index (χ3n) is 5.65. The molecule has 4 aromatic rings. The van der Waals surface area contributed by atoms with Crippen molar-refractivity contribution in [3.63, 3.8) is 0 Å². The first-order chi connectivity index (χ1) is 16.1. The monoisotopic (exact) mass is 440 g/mol. The van der Waals surface area contributed by atoms with E-state index in [0.717, 1.165) is 11.1 Å². The Bertz CT molecular complexity index is 1310. The van der Waals surface area contributed by atoms with Gasteiger partial charge in [-0.25, -0.2) is 9.97 Å². The van der Waals surface area contributed by atoms with Crippen LogP contribution in [0.4, 0.5) is 17.7 Å². The van der Waals surface area contributed by atoms with Gasteiger partial charge >= 0.3 is 0 Å². The third-order valence-corrected chi connectivity index (χ3v) is 5.65. The zero-order chi connectivity index (χ0) is 22.8. The van der Waals surface area contributed by atoms with Crippen LogP contribution < -0.4 is 15.8 Å². The molecule has 2 atom stereocenters. The quantitative estimate of drug-likeness (QED) is 0.491. The van der Waals surface area contributed by atoms with Crippen molar-refractivity contribution < 1.29 is 5.11 Å². The van der Waals surface area contributed by atoms with Crippen molar-refractivity contribution in [1.82, 2.24) is 19.5 Å². The average molecular weight is 441 g/mol. The number of aliphatic hydroxyl groups is 1. The van der Waals surface area contributed by atoms with E-state index in [4.69, 9.17) is 4.98 Å². The van der Waals surface area contributed by atoms with E-state index >= 15 is 0 Å². The van der Waals surface area contributed by atoms with Gasteiger partial charge in [0.2, 0.25) is 11.9 Å². The molecule has 166 valence electrons. The number of aliphatic hydroxyl groups excluding tert-OH is 1. The maximum Gasteiger partial charge on any atom is 0.255 e. The Morgan fingerprint density at radius 1 is 1.00 bits per heavy atom. The molecular weight excluding hydrogens is 416 g/mol. The minimum atomic E-state index is -0.728. The van der Waals surface area contributed by atoms with Gasteiger partial charge in [-0.15, -0.1) is 0 Å². The first kappa shape index (κ1) is 20.8. The molecule has 0 fully saturated rings. The van der Waals surface area contributed by atoms with Crippen LogP contribution in [0, 0.1) is 0 Å². The average Bonchev–Trinajstić information content (AvgIpc) is 2.85. The van der Waals surface area contributed by atoms with E-state index in [2.05, 4.69) is 15.3 Å². The van der Waals surface area contributed by atoms with E-state index in [1.165, 1.54) is 10.6 Å². The van der Waals surface area contributed by atoms with Crippen molar-refractivity contribution >= 4 is 17.7 Å². The van der Waals surface area contributed by atoms with Gasteiger partial charge < -0.3 is 10.4 Å². The molecule has 1 aliphatic heterocycles. The smallest absolute Gasteiger partial charge is 0.255 e. The van der Waals surface area contributed by atoms with Crippen molar-refractivity contribution in [2.24, 2.45) is 0 Å². The number of hydrogen-bond acceptors (Lipinski definition) is 7. The molecule has 0 saturated heterocycles. The van der Waals surface area contributed by atoms with Gasteiger partial charge in [-0.3, -0.25) is 14.3 Å². The van der Waals surface area contributed by atoms with Crippen LogP contribution in [0.3, 0.4) is 0 Å². The minimum absolute atomic E-state index is 0.00566. The second kappa shape index (κ2) is 8.84. The summed E-state index contributed by atoms with van der Waals surface area (Å²) in [7, 11) is 0. The van der Waals surface area contributed by atoms with Crippen LogP contribution in [0.15, 0.2) is 83.8 Å². The van der Waals surface area contributed by atoms with Gasteiger partial charge in [0.15, 0.2) is 0 Å². The lowest BCUT2D eigenvalue weighted by Gasteiger charge is -2.33. The largest absolute Gasteiger partial charge is 0.389 e. The number of hydrogen-bond donors (Lipinski definition) is 2. The predicted molar refractivity (Wildman–Crippen MR) is 127 cm³/mol. The standard InChI is InChI=1S/C25H24N6O2/c1-17(18-8-4-2-5-9-18)27-24-26-13-12-22(29-24)30-15-20(32)16-31-23(33)14-21(28-25(30)31)19-10-6-3-7-11-19/h2-14,17,20,32H,15-16H2,1H3,(H,26,27,29)/t17-,20?/m0/s1. The van der Waals surface area contributed by atoms with E-state index in [-0.39, 0.29) is 24.7 Å². The highest BCUT2D eigenvalue weighted by atomic mass is 16.3. The second-order valence-corrected chi connectivity index (χ2v) is 8.04. The van der Waals surface area contributed by atoms with E-state index < -0.39 is 6.10 Å². The molecule has 1 unspecified atom stereocenters. The Morgan fingerprint density at radius 3 is 2.48 bits per heavy atom. The van der Waals surface area contributed by atoms with Gasteiger partial charge in [-0.1, -0.05) is 60.7 Å². The zero-order valence-electron chi connectivity index (χ0n) is 18.2. The minimum Gasteiger partial charge on any atom is -0.389 e. The van der Waals surface area contributed by atoms with Crippen LogP contribution in [0.2, 0.25) is 0 Å². The van der Waals surface area contributed by atoms with Gasteiger partial charge in [0.1, 0.15) is 5.82 Å². The lowest BCUT2D eigenvalue weighted by Crippen LogP contribution is -2.44. The number of nitrogens with one attached hydrogen (secondary N) is 1. The van der Waals surface area contributed by atoms with Crippen molar-refractivity contribution in [2.75, 3.05) is 16.8 Å². The fourth-order valence-corrected chi connectivity index (χ4v) is 3.97. The zero-order valence-corrected chi connectivity index (χ0v) is 18.2. The van der Waals surface area contributed by atoms with Gasteiger partial charge in [0.05, 0.1) is 30.9 Å². The Labute approximate surface area is 191 Å². The molecule has 0 saturated carbocycles. The lowest BCUT2D eigenvalue weighted by atomic mass is 10.1.